The van der Waals surface area contributed by atoms with Crippen LogP contribution in [0.15, 0.2) is 0 Å². The van der Waals surface area contributed by atoms with Crippen LogP contribution in [0.3, 0.4) is 0 Å². The number of carbonyl (C=O) groups is 2. The number of aliphatic carboxylic acids is 1. The molecule has 3 atom stereocenters. The molecule has 0 radical (unpaired) electrons. The Morgan fingerprint density at radius 1 is 1.44 bits per heavy atom. The van der Waals surface area contributed by atoms with Crippen molar-refractivity contribution >= 4 is 28.7 Å². The maximum atomic E-state index is 11.3. The first-order valence-corrected chi connectivity index (χ1v) is 7.42. The zero-order valence-electron chi connectivity index (χ0n) is 10.0. The third-order valence-corrected chi connectivity index (χ3v) is 3.22. The molecule has 0 fully saturated rings. The van der Waals surface area contributed by atoms with Gasteiger partial charge in [0, 0.05) is 0 Å². The molecule has 0 aliphatic heterocycles. The average Bonchev–Trinajstić information content (AvgIpc) is 2.16. The molecule has 0 heterocycles. The standard InChI is InChI=1S/C11H22AsNO3/c1-3-4-8(2)5-9(6-11(15)16)13-10(14)7-12/h8-9H,3-7,12H2,1-2H3,(H,13,14)(H,15,16). The number of carboxylic acids is 1. The Balaban J connectivity index is 4.19. The van der Waals surface area contributed by atoms with Crippen molar-refractivity contribution in [2.45, 2.75) is 50.8 Å². The van der Waals surface area contributed by atoms with Gasteiger partial charge >= 0.3 is 105 Å². The summed E-state index contributed by atoms with van der Waals surface area (Å²) in [4.78, 5) is 21.9. The number of amides is 1. The summed E-state index contributed by atoms with van der Waals surface area (Å²) in [6, 6.07) is -0.220. The van der Waals surface area contributed by atoms with E-state index in [0.717, 1.165) is 19.3 Å². The van der Waals surface area contributed by atoms with Gasteiger partial charge in [-0.25, -0.2) is 0 Å². The van der Waals surface area contributed by atoms with Crippen LogP contribution in [0.1, 0.15) is 39.5 Å². The Morgan fingerprint density at radius 3 is 2.50 bits per heavy atom. The molecular formula is C11H22AsNO3. The van der Waals surface area contributed by atoms with Crippen LogP contribution in [-0.2, 0) is 9.59 Å². The van der Waals surface area contributed by atoms with Gasteiger partial charge in [0.05, 0.1) is 0 Å². The summed E-state index contributed by atoms with van der Waals surface area (Å²) >= 11 is 1.34. The van der Waals surface area contributed by atoms with E-state index in [9.17, 15) is 9.59 Å². The zero-order valence-corrected chi connectivity index (χ0v) is 12.5. The number of carbonyl (C=O) groups excluding carboxylic acids is 1. The van der Waals surface area contributed by atoms with Crippen molar-refractivity contribution in [2.75, 3.05) is 0 Å². The second kappa shape index (κ2) is 8.63. The van der Waals surface area contributed by atoms with E-state index < -0.39 is 5.97 Å². The molecule has 1 amide bonds. The predicted molar refractivity (Wildman–Crippen MR) is 66.2 cm³/mol. The Bertz CT molecular complexity index is 233. The van der Waals surface area contributed by atoms with Gasteiger partial charge in [0.1, 0.15) is 0 Å². The van der Waals surface area contributed by atoms with E-state index in [4.69, 9.17) is 5.11 Å². The van der Waals surface area contributed by atoms with Crippen LogP contribution in [-0.4, -0.2) is 39.9 Å². The molecule has 16 heavy (non-hydrogen) atoms. The molecule has 0 rings (SSSR count). The normalized spacial score (nSPS) is 14.2. The summed E-state index contributed by atoms with van der Waals surface area (Å²) in [5.41, 5.74) is 0. The van der Waals surface area contributed by atoms with Gasteiger partial charge in [-0.2, -0.15) is 0 Å². The molecule has 0 spiro atoms. The van der Waals surface area contributed by atoms with E-state index in [1.165, 1.54) is 16.9 Å². The van der Waals surface area contributed by atoms with Crippen molar-refractivity contribution in [3.8, 4) is 0 Å². The second-order valence-electron chi connectivity index (χ2n) is 4.20. The van der Waals surface area contributed by atoms with E-state index in [2.05, 4.69) is 19.2 Å². The molecule has 5 heteroatoms. The van der Waals surface area contributed by atoms with Gasteiger partial charge in [-0.05, 0) is 0 Å². The molecule has 0 aromatic carbocycles. The van der Waals surface area contributed by atoms with Crippen LogP contribution in [0.4, 0.5) is 0 Å². The molecule has 0 aliphatic carbocycles. The maximum absolute atomic E-state index is 11.3. The van der Waals surface area contributed by atoms with Crippen molar-refractivity contribution in [2.24, 2.45) is 5.92 Å². The summed E-state index contributed by atoms with van der Waals surface area (Å²) in [7, 11) is 0. The Morgan fingerprint density at radius 2 is 2.06 bits per heavy atom. The van der Waals surface area contributed by atoms with Crippen molar-refractivity contribution in [3.63, 3.8) is 0 Å². The van der Waals surface area contributed by atoms with E-state index >= 15 is 0 Å². The Kier molecular flexibility index (Phi) is 8.36. The van der Waals surface area contributed by atoms with Crippen molar-refractivity contribution in [3.05, 3.63) is 0 Å². The fourth-order valence-electron chi connectivity index (χ4n) is 1.79. The monoisotopic (exact) mass is 291 g/mol. The molecule has 2 N–H and O–H groups in total. The average molecular weight is 291 g/mol. The zero-order chi connectivity index (χ0) is 12.6. The number of carboxylic acid groups (broad SMARTS) is 1. The van der Waals surface area contributed by atoms with E-state index in [1.54, 1.807) is 0 Å². The van der Waals surface area contributed by atoms with Crippen LogP contribution < -0.4 is 5.32 Å². The van der Waals surface area contributed by atoms with E-state index in [0.29, 0.717) is 11.1 Å². The predicted octanol–water partition coefficient (Wildman–Crippen LogP) is 0.824. The van der Waals surface area contributed by atoms with Crippen LogP contribution in [0.25, 0.3) is 0 Å². The fourth-order valence-corrected chi connectivity index (χ4v) is 2.03. The molecule has 0 bridgehead atoms. The quantitative estimate of drug-likeness (QED) is 0.651. The van der Waals surface area contributed by atoms with Gasteiger partial charge in [-0.3, -0.25) is 0 Å². The molecule has 0 aromatic rings. The van der Waals surface area contributed by atoms with Crippen molar-refractivity contribution in [1.82, 2.24) is 5.32 Å². The minimum absolute atomic E-state index is 0.0206. The first-order chi connectivity index (χ1) is 7.49. The van der Waals surface area contributed by atoms with Gasteiger partial charge in [-0.1, -0.05) is 0 Å². The van der Waals surface area contributed by atoms with Gasteiger partial charge in [0.15, 0.2) is 0 Å². The van der Waals surface area contributed by atoms with E-state index in [-0.39, 0.29) is 18.4 Å². The van der Waals surface area contributed by atoms with Gasteiger partial charge in [0.2, 0.25) is 0 Å². The molecule has 0 aromatic heterocycles. The van der Waals surface area contributed by atoms with Crippen molar-refractivity contribution < 1.29 is 14.7 Å². The number of hydrogen-bond donors (Lipinski definition) is 2. The second-order valence-corrected chi connectivity index (χ2v) is 5.05. The van der Waals surface area contributed by atoms with Gasteiger partial charge < -0.3 is 0 Å². The summed E-state index contributed by atoms with van der Waals surface area (Å²) in [6.45, 7) is 4.20. The first kappa shape index (κ1) is 15.5. The van der Waals surface area contributed by atoms with Crippen molar-refractivity contribution in [1.29, 1.82) is 0 Å². The Labute approximate surface area is 106 Å². The SMILES string of the molecule is CCCC(C)CC(CC(=O)O)NC(=O)C[AsH2]. The minimum atomic E-state index is -0.851. The van der Waals surface area contributed by atoms with Crippen LogP contribution >= 0.6 is 0 Å². The van der Waals surface area contributed by atoms with E-state index in [1.807, 2.05) is 0 Å². The molecular weight excluding hydrogens is 269 g/mol. The first-order valence-electron chi connectivity index (χ1n) is 5.70. The van der Waals surface area contributed by atoms with Gasteiger partial charge in [0.25, 0.3) is 0 Å². The Hall–Kier alpha value is -0.502. The molecule has 0 aliphatic rings. The number of nitrogens with one attached hydrogen (secondary N) is 1. The summed E-state index contributed by atoms with van der Waals surface area (Å²) < 4.78 is 0. The molecule has 3 unspecified atom stereocenters. The van der Waals surface area contributed by atoms with Gasteiger partial charge in [-0.15, -0.1) is 0 Å². The van der Waals surface area contributed by atoms with Crippen LogP contribution in [0, 0.1) is 5.92 Å². The molecule has 0 saturated heterocycles. The fraction of sp³-hybridized carbons (Fsp3) is 0.818. The third kappa shape index (κ3) is 7.75. The topological polar surface area (TPSA) is 66.4 Å². The summed E-state index contributed by atoms with van der Waals surface area (Å²) in [6.07, 6.45) is 2.93. The molecule has 4 nitrogen and oxygen atoms in total. The van der Waals surface area contributed by atoms with Crippen LogP contribution in [0.5, 0.6) is 0 Å². The summed E-state index contributed by atoms with van der Waals surface area (Å²) in [5, 5.41) is 12.0. The third-order valence-electron chi connectivity index (χ3n) is 2.44. The summed E-state index contributed by atoms with van der Waals surface area (Å²) in [5.74, 6) is -0.442. The molecule has 94 valence electrons. The molecule has 0 saturated carbocycles. The number of hydrogen-bond acceptors (Lipinski definition) is 2. The van der Waals surface area contributed by atoms with Crippen LogP contribution in [0.2, 0.25) is 5.21 Å². The number of rotatable bonds is 8.